The van der Waals surface area contributed by atoms with Crippen molar-refractivity contribution >= 4 is 5.91 Å². The third-order valence-corrected chi connectivity index (χ3v) is 3.31. The van der Waals surface area contributed by atoms with E-state index >= 15 is 0 Å². The maximum atomic E-state index is 11.7. The summed E-state index contributed by atoms with van der Waals surface area (Å²) in [4.78, 5) is 15.7. The van der Waals surface area contributed by atoms with Crippen molar-refractivity contribution in [2.45, 2.75) is 32.4 Å². The molecule has 0 aliphatic carbocycles. The fourth-order valence-electron chi connectivity index (χ4n) is 2.18. The number of nitrogens with one attached hydrogen (secondary N) is 1. The number of carbonyl (C=O) groups is 1. The van der Waals surface area contributed by atoms with Crippen LogP contribution in [0.1, 0.15) is 31.9 Å². The van der Waals surface area contributed by atoms with Crippen LogP contribution >= 0.6 is 0 Å². The Morgan fingerprint density at radius 3 is 2.24 bits per heavy atom. The summed E-state index contributed by atoms with van der Waals surface area (Å²) in [6.07, 6.45) is 3.90. The van der Waals surface area contributed by atoms with E-state index in [1.54, 1.807) is 12.4 Å². The van der Waals surface area contributed by atoms with Crippen molar-refractivity contribution in [1.82, 2.24) is 10.3 Å². The number of rotatable bonds is 5. The first-order chi connectivity index (χ1) is 10.1. The van der Waals surface area contributed by atoms with Crippen LogP contribution in [0.15, 0.2) is 48.8 Å². The minimum atomic E-state index is -0.119. The average Bonchev–Trinajstić information content (AvgIpc) is 2.47. The summed E-state index contributed by atoms with van der Waals surface area (Å²) < 4.78 is 0. The first-order valence-corrected chi connectivity index (χ1v) is 7.11. The number of nitrogens with two attached hydrogens (primary N) is 1. The highest BCUT2D eigenvalue weighted by Gasteiger charge is 2.11. The summed E-state index contributed by atoms with van der Waals surface area (Å²) in [7, 11) is 0. The lowest BCUT2D eigenvalue weighted by atomic mass is 10.0. The molecule has 0 saturated carbocycles. The maximum Gasteiger partial charge on any atom is 0.222 e. The van der Waals surface area contributed by atoms with E-state index in [1.807, 2.05) is 38.1 Å². The third-order valence-electron chi connectivity index (χ3n) is 3.31. The zero-order valence-corrected chi connectivity index (χ0v) is 12.4. The van der Waals surface area contributed by atoms with Crippen molar-refractivity contribution in [1.29, 1.82) is 0 Å². The molecular formula is C17H21N3O. The molecule has 1 aromatic heterocycles. The molecule has 110 valence electrons. The molecule has 4 nitrogen and oxygen atoms in total. The molecule has 0 spiro atoms. The molecule has 0 radical (unpaired) electrons. The van der Waals surface area contributed by atoms with Crippen LogP contribution in [0.25, 0.3) is 11.1 Å². The summed E-state index contributed by atoms with van der Waals surface area (Å²) >= 11 is 0. The number of hydrogen-bond acceptors (Lipinski definition) is 3. The van der Waals surface area contributed by atoms with E-state index in [9.17, 15) is 4.79 Å². The highest BCUT2D eigenvalue weighted by Crippen LogP contribution is 2.21. The van der Waals surface area contributed by atoms with E-state index in [2.05, 4.69) is 22.4 Å². The molecule has 0 saturated heterocycles. The molecule has 0 bridgehead atoms. The maximum absolute atomic E-state index is 11.7. The molecule has 1 heterocycles. The van der Waals surface area contributed by atoms with Crippen LogP contribution in [0.2, 0.25) is 0 Å². The second-order valence-corrected chi connectivity index (χ2v) is 5.33. The predicted molar refractivity (Wildman–Crippen MR) is 84.5 cm³/mol. The summed E-state index contributed by atoms with van der Waals surface area (Å²) in [5, 5.41) is 2.96. The second-order valence-electron chi connectivity index (χ2n) is 5.33. The van der Waals surface area contributed by atoms with E-state index in [0.29, 0.717) is 6.42 Å². The Labute approximate surface area is 125 Å². The van der Waals surface area contributed by atoms with Crippen molar-refractivity contribution in [3.05, 3.63) is 54.4 Å². The van der Waals surface area contributed by atoms with Crippen molar-refractivity contribution < 1.29 is 4.79 Å². The van der Waals surface area contributed by atoms with Gasteiger partial charge < -0.3 is 11.1 Å². The van der Waals surface area contributed by atoms with E-state index in [0.717, 1.165) is 16.7 Å². The van der Waals surface area contributed by atoms with E-state index in [4.69, 9.17) is 5.73 Å². The standard InChI is InChI=1S/C17H21N3O/c1-12(18)11-17(21)20-13(2)14-3-5-15(6-4-14)16-7-9-19-10-8-16/h3-10,12-13H,11,18H2,1-2H3,(H,20,21). The van der Waals surface area contributed by atoms with Gasteiger partial charge in [-0.15, -0.1) is 0 Å². The number of nitrogens with zero attached hydrogens (tertiary/aromatic N) is 1. The van der Waals surface area contributed by atoms with Crippen LogP contribution in [-0.2, 0) is 4.79 Å². The van der Waals surface area contributed by atoms with Crippen LogP contribution in [0.5, 0.6) is 0 Å². The van der Waals surface area contributed by atoms with E-state index in [-0.39, 0.29) is 18.0 Å². The van der Waals surface area contributed by atoms with Crippen LogP contribution in [0.3, 0.4) is 0 Å². The topological polar surface area (TPSA) is 68.0 Å². The number of carbonyl (C=O) groups excluding carboxylic acids is 1. The van der Waals surface area contributed by atoms with Gasteiger partial charge in [-0.2, -0.15) is 0 Å². The lowest BCUT2D eigenvalue weighted by Crippen LogP contribution is -2.31. The summed E-state index contributed by atoms with van der Waals surface area (Å²) in [6.45, 7) is 3.80. The molecule has 4 heteroatoms. The Hall–Kier alpha value is -2.20. The Morgan fingerprint density at radius 2 is 1.67 bits per heavy atom. The molecule has 1 amide bonds. The van der Waals surface area contributed by atoms with Gasteiger partial charge in [-0.3, -0.25) is 9.78 Å². The Kier molecular flexibility index (Phi) is 5.06. The van der Waals surface area contributed by atoms with Crippen molar-refractivity contribution in [2.75, 3.05) is 0 Å². The highest BCUT2D eigenvalue weighted by atomic mass is 16.1. The fourth-order valence-corrected chi connectivity index (χ4v) is 2.18. The SMILES string of the molecule is CC(N)CC(=O)NC(C)c1ccc(-c2ccncc2)cc1. The van der Waals surface area contributed by atoms with Gasteiger partial charge in [-0.25, -0.2) is 0 Å². The summed E-state index contributed by atoms with van der Waals surface area (Å²) in [6, 6.07) is 12.0. The minimum Gasteiger partial charge on any atom is -0.350 e. The molecule has 3 N–H and O–H groups in total. The fraction of sp³-hybridized carbons (Fsp3) is 0.294. The van der Waals surface area contributed by atoms with Gasteiger partial charge in [-0.05, 0) is 42.7 Å². The first-order valence-electron chi connectivity index (χ1n) is 7.11. The number of benzene rings is 1. The smallest absolute Gasteiger partial charge is 0.222 e. The van der Waals surface area contributed by atoms with Gasteiger partial charge >= 0.3 is 0 Å². The van der Waals surface area contributed by atoms with Gasteiger partial charge in [0.1, 0.15) is 0 Å². The average molecular weight is 283 g/mol. The van der Waals surface area contributed by atoms with Crippen molar-refractivity contribution in [2.24, 2.45) is 5.73 Å². The molecule has 0 fully saturated rings. The summed E-state index contributed by atoms with van der Waals surface area (Å²) in [5.41, 5.74) is 8.97. The number of aromatic nitrogens is 1. The highest BCUT2D eigenvalue weighted by molar-refractivity contribution is 5.77. The van der Waals surface area contributed by atoms with Gasteiger partial charge in [0.05, 0.1) is 6.04 Å². The van der Waals surface area contributed by atoms with Gasteiger partial charge in [0.15, 0.2) is 0 Å². The van der Waals surface area contributed by atoms with Gasteiger partial charge in [0.25, 0.3) is 0 Å². The molecule has 21 heavy (non-hydrogen) atoms. The molecular weight excluding hydrogens is 262 g/mol. The zero-order chi connectivity index (χ0) is 15.2. The molecule has 1 aromatic carbocycles. The number of amides is 1. The monoisotopic (exact) mass is 283 g/mol. The molecule has 2 aromatic rings. The van der Waals surface area contributed by atoms with E-state index in [1.165, 1.54) is 0 Å². The molecule has 0 aliphatic heterocycles. The summed E-state index contributed by atoms with van der Waals surface area (Å²) in [5.74, 6) is -0.0179. The lowest BCUT2D eigenvalue weighted by molar-refractivity contribution is -0.122. The molecule has 2 unspecified atom stereocenters. The van der Waals surface area contributed by atoms with Gasteiger partial charge in [-0.1, -0.05) is 24.3 Å². The normalized spacial score (nSPS) is 13.5. The van der Waals surface area contributed by atoms with E-state index < -0.39 is 0 Å². The van der Waals surface area contributed by atoms with Gasteiger partial charge in [0, 0.05) is 24.9 Å². The Balaban J connectivity index is 2.03. The predicted octanol–water partition coefficient (Wildman–Crippen LogP) is 2.66. The zero-order valence-electron chi connectivity index (χ0n) is 12.4. The number of hydrogen-bond donors (Lipinski definition) is 2. The van der Waals surface area contributed by atoms with Crippen molar-refractivity contribution in [3.8, 4) is 11.1 Å². The van der Waals surface area contributed by atoms with Crippen LogP contribution < -0.4 is 11.1 Å². The molecule has 2 rings (SSSR count). The molecule has 0 aliphatic rings. The molecule has 2 atom stereocenters. The van der Waals surface area contributed by atoms with Crippen molar-refractivity contribution in [3.63, 3.8) is 0 Å². The second kappa shape index (κ2) is 6.99. The Morgan fingerprint density at radius 1 is 1.10 bits per heavy atom. The van der Waals surface area contributed by atoms with Crippen LogP contribution in [-0.4, -0.2) is 16.9 Å². The minimum absolute atomic E-state index is 0.0179. The van der Waals surface area contributed by atoms with Crippen LogP contribution in [0, 0.1) is 0 Å². The largest absolute Gasteiger partial charge is 0.350 e. The quantitative estimate of drug-likeness (QED) is 0.886. The van der Waals surface area contributed by atoms with Gasteiger partial charge in [0.2, 0.25) is 5.91 Å². The first kappa shape index (κ1) is 15.2. The number of pyridine rings is 1. The van der Waals surface area contributed by atoms with Crippen LogP contribution in [0.4, 0.5) is 0 Å². The Bertz CT molecular complexity index is 579. The lowest BCUT2D eigenvalue weighted by Gasteiger charge is -2.15. The third kappa shape index (κ3) is 4.39.